The van der Waals surface area contributed by atoms with Gasteiger partial charge in [-0.15, -0.1) is 0 Å². The van der Waals surface area contributed by atoms with E-state index in [1.807, 2.05) is 18.2 Å². The van der Waals surface area contributed by atoms with E-state index in [1.165, 1.54) is 0 Å². The van der Waals surface area contributed by atoms with Crippen molar-refractivity contribution in [2.24, 2.45) is 0 Å². The minimum absolute atomic E-state index is 0.231. The molecular weight excluding hydrogens is 376 g/mol. The maximum absolute atomic E-state index is 12.0. The monoisotopic (exact) mass is 398 g/mol. The summed E-state index contributed by atoms with van der Waals surface area (Å²) in [5.74, 6) is -0.0163. The Bertz CT molecular complexity index is 881. The van der Waals surface area contributed by atoms with Gasteiger partial charge in [-0.3, -0.25) is 9.59 Å². The van der Waals surface area contributed by atoms with Crippen molar-refractivity contribution in [2.75, 3.05) is 25.1 Å². The highest BCUT2D eigenvalue weighted by Gasteiger charge is 2.21. The molecule has 0 spiro atoms. The van der Waals surface area contributed by atoms with E-state index in [2.05, 4.69) is 10.6 Å². The Hall–Kier alpha value is -3.55. The van der Waals surface area contributed by atoms with E-state index in [1.54, 1.807) is 37.3 Å². The first-order valence-electron chi connectivity index (χ1n) is 9.27. The number of rotatable bonds is 7. The van der Waals surface area contributed by atoms with Crippen LogP contribution in [-0.2, 0) is 14.3 Å². The third-order valence-electron chi connectivity index (χ3n) is 4.10. The summed E-state index contributed by atoms with van der Waals surface area (Å²) < 4.78 is 16.2. The molecule has 0 bridgehead atoms. The van der Waals surface area contributed by atoms with Crippen molar-refractivity contribution in [2.45, 2.75) is 19.4 Å². The van der Waals surface area contributed by atoms with Gasteiger partial charge in [0, 0.05) is 5.69 Å². The molecule has 2 aromatic rings. The number of fused-ring (bicyclic) bond motifs is 1. The molecule has 0 aromatic heterocycles. The van der Waals surface area contributed by atoms with E-state index in [0.29, 0.717) is 29.4 Å². The van der Waals surface area contributed by atoms with Crippen molar-refractivity contribution in [3.05, 3.63) is 54.1 Å². The van der Waals surface area contributed by atoms with Crippen LogP contribution in [0.3, 0.4) is 0 Å². The van der Waals surface area contributed by atoms with Gasteiger partial charge in [-0.25, -0.2) is 4.79 Å². The lowest BCUT2D eigenvalue weighted by Crippen LogP contribution is -2.41. The molecule has 1 atom stereocenters. The van der Waals surface area contributed by atoms with Crippen molar-refractivity contribution in [3.8, 4) is 11.5 Å². The lowest BCUT2D eigenvalue weighted by Gasteiger charge is -2.26. The summed E-state index contributed by atoms with van der Waals surface area (Å²) in [4.78, 5) is 35.7. The third-order valence-corrected chi connectivity index (χ3v) is 4.10. The van der Waals surface area contributed by atoms with Gasteiger partial charge >= 0.3 is 5.97 Å². The molecule has 1 heterocycles. The summed E-state index contributed by atoms with van der Waals surface area (Å²) in [6.07, 6.45) is -0.656. The standard InChI is InChI=1S/C21H22N2O6/c1-2-27-21(26)14-7-9-15(10-8-14)23-20(25)11-19(24)22-12-16-13-28-17-5-3-4-6-18(17)29-16/h3-10,16H,2,11-13H2,1H3,(H,22,24)(H,23,25). The predicted molar refractivity (Wildman–Crippen MR) is 105 cm³/mol. The van der Waals surface area contributed by atoms with Crippen LogP contribution >= 0.6 is 0 Å². The maximum Gasteiger partial charge on any atom is 0.338 e. The van der Waals surface area contributed by atoms with Gasteiger partial charge in [-0.2, -0.15) is 0 Å². The quantitative estimate of drug-likeness (QED) is 0.547. The number of nitrogens with one attached hydrogen (secondary N) is 2. The summed E-state index contributed by atoms with van der Waals surface area (Å²) in [6.45, 7) is 2.56. The predicted octanol–water partition coefficient (Wildman–Crippen LogP) is 2.15. The second kappa shape index (κ2) is 9.59. The molecule has 1 aliphatic rings. The highest BCUT2D eigenvalue weighted by molar-refractivity contribution is 6.03. The molecule has 0 saturated heterocycles. The minimum atomic E-state index is -0.461. The zero-order valence-electron chi connectivity index (χ0n) is 16.0. The summed E-state index contributed by atoms with van der Waals surface area (Å²) in [6, 6.07) is 13.6. The first-order chi connectivity index (χ1) is 14.0. The van der Waals surface area contributed by atoms with Gasteiger partial charge in [0.15, 0.2) is 11.5 Å². The van der Waals surface area contributed by atoms with Crippen molar-refractivity contribution < 1.29 is 28.6 Å². The number of benzene rings is 2. The fraction of sp³-hybridized carbons (Fsp3) is 0.286. The van der Waals surface area contributed by atoms with E-state index in [0.717, 1.165) is 0 Å². The number of amides is 2. The van der Waals surface area contributed by atoms with Gasteiger partial charge in [-0.1, -0.05) is 12.1 Å². The third kappa shape index (κ3) is 5.71. The highest BCUT2D eigenvalue weighted by atomic mass is 16.6. The van der Waals surface area contributed by atoms with Crippen LogP contribution < -0.4 is 20.1 Å². The lowest BCUT2D eigenvalue weighted by molar-refractivity contribution is -0.127. The van der Waals surface area contributed by atoms with Gasteiger partial charge in [0.2, 0.25) is 11.8 Å². The van der Waals surface area contributed by atoms with Gasteiger partial charge in [0.25, 0.3) is 0 Å². The van der Waals surface area contributed by atoms with Crippen molar-refractivity contribution >= 4 is 23.5 Å². The zero-order chi connectivity index (χ0) is 20.6. The largest absolute Gasteiger partial charge is 0.486 e. The number of hydrogen-bond acceptors (Lipinski definition) is 6. The van der Waals surface area contributed by atoms with E-state index in [4.69, 9.17) is 14.2 Å². The molecule has 0 saturated carbocycles. The SMILES string of the molecule is CCOC(=O)c1ccc(NC(=O)CC(=O)NCC2COc3ccccc3O2)cc1. The van der Waals surface area contributed by atoms with Crippen LogP contribution in [0.1, 0.15) is 23.7 Å². The second-order valence-electron chi connectivity index (χ2n) is 6.32. The Balaban J connectivity index is 1.41. The van der Waals surface area contributed by atoms with E-state index < -0.39 is 17.8 Å². The van der Waals surface area contributed by atoms with Gasteiger partial charge in [0.1, 0.15) is 19.1 Å². The average Bonchev–Trinajstić information content (AvgIpc) is 2.72. The molecule has 152 valence electrons. The molecule has 8 heteroatoms. The molecule has 2 aromatic carbocycles. The lowest BCUT2D eigenvalue weighted by atomic mass is 10.2. The van der Waals surface area contributed by atoms with E-state index in [9.17, 15) is 14.4 Å². The van der Waals surface area contributed by atoms with Crippen LogP contribution in [0.25, 0.3) is 0 Å². The average molecular weight is 398 g/mol. The van der Waals surface area contributed by atoms with Gasteiger partial charge in [-0.05, 0) is 43.3 Å². The Morgan fingerprint density at radius 1 is 1.03 bits per heavy atom. The molecule has 1 unspecified atom stereocenters. The molecule has 1 aliphatic heterocycles. The summed E-state index contributed by atoms with van der Waals surface area (Å²) >= 11 is 0. The number of para-hydroxylation sites is 2. The van der Waals surface area contributed by atoms with Crippen LogP contribution in [0.15, 0.2) is 48.5 Å². The van der Waals surface area contributed by atoms with Crippen LogP contribution in [0.5, 0.6) is 11.5 Å². The van der Waals surface area contributed by atoms with Crippen LogP contribution in [0, 0.1) is 0 Å². The fourth-order valence-electron chi connectivity index (χ4n) is 2.71. The number of carbonyl (C=O) groups is 3. The molecule has 0 radical (unpaired) electrons. The Labute approximate surface area is 168 Å². The van der Waals surface area contributed by atoms with Crippen LogP contribution in [0.2, 0.25) is 0 Å². The number of carbonyl (C=O) groups excluding carboxylic acids is 3. The Morgan fingerprint density at radius 2 is 1.76 bits per heavy atom. The Kier molecular flexibility index (Phi) is 6.67. The van der Waals surface area contributed by atoms with Crippen LogP contribution in [-0.4, -0.2) is 43.6 Å². The highest BCUT2D eigenvalue weighted by Crippen LogP contribution is 2.30. The number of esters is 1. The molecular formula is C21H22N2O6. The molecule has 8 nitrogen and oxygen atoms in total. The second-order valence-corrected chi connectivity index (χ2v) is 6.32. The van der Waals surface area contributed by atoms with Crippen molar-refractivity contribution in [3.63, 3.8) is 0 Å². The molecule has 2 amide bonds. The number of hydrogen-bond donors (Lipinski definition) is 2. The van der Waals surface area contributed by atoms with Gasteiger partial charge in [0.05, 0.1) is 18.7 Å². The normalized spacial score (nSPS) is 14.6. The molecule has 29 heavy (non-hydrogen) atoms. The number of ether oxygens (including phenoxy) is 3. The zero-order valence-corrected chi connectivity index (χ0v) is 16.0. The molecule has 0 aliphatic carbocycles. The molecule has 3 rings (SSSR count). The smallest absolute Gasteiger partial charge is 0.338 e. The van der Waals surface area contributed by atoms with E-state index >= 15 is 0 Å². The molecule has 2 N–H and O–H groups in total. The summed E-state index contributed by atoms with van der Waals surface area (Å²) in [5.41, 5.74) is 0.871. The van der Waals surface area contributed by atoms with Crippen molar-refractivity contribution in [1.82, 2.24) is 5.32 Å². The van der Waals surface area contributed by atoms with Gasteiger partial charge < -0.3 is 24.8 Å². The minimum Gasteiger partial charge on any atom is -0.486 e. The summed E-state index contributed by atoms with van der Waals surface area (Å²) in [7, 11) is 0. The first kappa shape index (κ1) is 20.2. The van der Waals surface area contributed by atoms with Crippen LogP contribution in [0.4, 0.5) is 5.69 Å². The number of anilines is 1. The maximum atomic E-state index is 12.0. The first-order valence-corrected chi connectivity index (χ1v) is 9.27. The topological polar surface area (TPSA) is 103 Å². The summed E-state index contributed by atoms with van der Waals surface area (Å²) in [5, 5.41) is 5.29. The Morgan fingerprint density at radius 3 is 2.48 bits per heavy atom. The fourth-order valence-corrected chi connectivity index (χ4v) is 2.71. The van der Waals surface area contributed by atoms with E-state index in [-0.39, 0.29) is 25.7 Å². The molecule has 0 fully saturated rings. The van der Waals surface area contributed by atoms with Crippen molar-refractivity contribution in [1.29, 1.82) is 0 Å².